The van der Waals surface area contributed by atoms with E-state index < -0.39 is 0 Å². The van der Waals surface area contributed by atoms with Gasteiger partial charge in [0.05, 0.1) is 0 Å². The monoisotopic (exact) mass is 333 g/mol. The molecule has 0 radical (unpaired) electrons. The number of anilines is 1. The van der Waals surface area contributed by atoms with Crippen LogP contribution in [-0.4, -0.2) is 11.2 Å². The van der Waals surface area contributed by atoms with Gasteiger partial charge in [0.25, 0.3) is 0 Å². The summed E-state index contributed by atoms with van der Waals surface area (Å²) in [7, 11) is 0. The lowest BCUT2D eigenvalue weighted by molar-refractivity contribution is -0.116. The lowest BCUT2D eigenvalue weighted by atomic mass is 10.0. The Balaban J connectivity index is 1.79. The first-order valence-electron chi connectivity index (χ1n) is 7.10. The van der Waals surface area contributed by atoms with E-state index >= 15 is 0 Å². The van der Waals surface area contributed by atoms with Crippen molar-refractivity contribution in [3.63, 3.8) is 0 Å². The molecule has 1 amide bonds. The maximum atomic E-state index is 11.8. The van der Waals surface area contributed by atoms with Gasteiger partial charge in [-0.2, -0.15) is 0 Å². The molecule has 0 heterocycles. The topological polar surface area (TPSA) is 29.1 Å². The average molecular weight is 334 g/mol. The number of allylic oxidation sites excluding steroid dienone is 4. The number of benzene rings is 1. The van der Waals surface area contributed by atoms with Crippen LogP contribution in [0.3, 0.4) is 0 Å². The van der Waals surface area contributed by atoms with Gasteiger partial charge in [-0.1, -0.05) is 58.8 Å². The molecule has 0 saturated heterocycles. The Bertz CT molecular complexity index is 478. The van der Waals surface area contributed by atoms with E-state index in [0.29, 0.717) is 12.3 Å². The molecule has 0 aromatic heterocycles. The predicted molar refractivity (Wildman–Crippen MR) is 88.4 cm³/mol. The maximum Gasteiger partial charge on any atom is 0.224 e. The Morgan fingerprint density at radius 1 is 1.05 bits per heavy atom. The molecule has 2 nitrogen and oxygen atoms in total. The van der Waals surface area contributed by atoms with Gasteiger partial charge in [-0.25, -0.2) is 0 Å². The van der Waals surface area contributed by atoms with E-state index in [1.54, 1.807) is 0 Å². The van der Waals surface area contributed by atoms with Gasteiger partial charge < -0.3 is 5.32 Å². The molecule has 20 heavy (non-hydrogen) atoms. The number of amides is 1. The molecule has 0 fully saturated rings. The summed E-state index contributed by atoms with van der Waals surface area (Å²) in [6.45, 7) is 0. The number of alkyl halides is 1. The molecule has 1 aromatic rings. The predicted octanol–water partition coefficient (Wildman–Crippen LogP) is 4.79. The van der Waals surface area contributed by atoms with E-state index in [1.807, 2.05) is 12.1 Å². The normalized spacial score (nSPS) is 13.8. The van der Waals surface area contributed by atoms with Crippen molar-refractivity contribution in [1.29, 1.82) is 0 Å². The van der Waals surface area contributed by atoms with Crippen LogP contribution in [0.25, 0.3) is 0 Å². The van der Waals surface area contributed by atoms with Gasteiger partial charge in [0.15, 0.2) is 0 Å². The van der Waals surface area contributed by atoms with Crippen LogP contribution in [-0.2, 0) is 4.79 Å². The van der Waals surface area contributed by atoms with Crippen LogP contribution >= 0.6 is 15.9 Å². The number of carbonyl (C=O) groups excluding carboxylic acids is 1. The van der Waals surface area contributed by atoms with Gasteiger partial charge in [0.1, 0.15) is 0 Å². The molecule has 2 rings (SSSR count). The minimum atomic E-state index is 0.105. The number of carbonyl (C=O) groups is 1. The van der Waals surface area contributed by atoms with Crippen LogP contribution in [0.5, 0.6) is 0 Å². The minimum Gasteiger partial charge on any atom is -0.326 e. The van der Waals surface area contributed by atoms with Crippen molar-refractivity contribution in [1.82, 2.24) is 0 Å². The van der Waals surface area contributed by atoms with Crippen molar-refractivity contribution >= 4 is 27.5 Å². The number of halogens is 1. The summed E-state index contributed by atoms with van der Waals surface area (Å²) in [4.78, 5) is 11.8. The Kier molecular flexibility index (Phi) is 6.06. The molecular weight excluding hydrogens is 314 g/mol. The van der Waals surface area contributed by atoms with E-state index in [0.717, 1.165) is 30.3 Å². The standard InChI is InChI=1S/C17H20BrNO/c18-13-5-1-2-8-17(20)19-16-11-9-15(10-12-16)14-6-3-4-7-14/h3-4,6-7,9-12,14H,1-2,5,8,13H2,(H,19,20). The van der Waals surface area contributed by atoms with Gasteiger partial charge in [0.2, 0.25) is 5.91 Å². The highest BCUT2D eigenvalue weighted by molar-refractivity contribution is 9.09. The Labute approximate surface area is 129 Å². The largest absolute Gasteiger partial charge is 0.326 e. The fraction of sp³-hybridized carbons (Fsp3) is 0.353. The summed E-state index contributed by atoms with van der Waals surface area (Å²) in [5.74, 6) is 0.483. The van der Waals surface area contributed by atoms with E-state index in [9.17, 15) is 4.79 Å². The zero-order chi connectivity index (χ0) is 14.2. The van der Waals surface area contributed by atoms with Gasteiger partial charge in [-0.05, 0) is 30.5 Å². The molecule has 3 heteroatoms. The second-order valence-corrected chi connectivity index (χ2v) is 5.76. The first-order chi connectivity index (χ1) is 9.79. The molecule has 1 aliphatic rings. The zero-order valence-corrected chi connectivity index (χ0v) is 13.1. The van der Waals surface area contributed by atoms with Crippen molar-refractivity contribution in [3.8, 4) is 0 Å². The number of rotatable bonds is 7. The second kappa shape index (κ2) is 8.05. The van der Waals surface area contributed by atoms with E-state index in [2.05, 4.69) is 57.7 Å². The molecule has 1 aromatic carbocycles. The summed E-state index contributed by atoms with van der Waals surface area (Å²) < 4.78 is 0. The van der Waals surface area contributed by atoms with Gasteiger partial charge in [-0.3, -0.25) is 4.79 Å². The number of nitrogens with one attached hydrogen (secondary N) is 1. The molecule has 1 N–H and O–H groups in total. The van der Waals surface area contributed by atoms with E-state index in [1.165, 1.54) is 5.56 Å². The number of hydrogen-bond donors (Lipinski definition) is 1. The summed E-state index contributed by atoms with van der Waals surface area (Å²) in [5.41, 5.74) is 2.13. The second-order valence-electron chi connectivity index (χ2n) is 4.97. The molecule has 0 atom stereocenters. The van der Waals surface area contributed by atoms with Crippen LogP contribution in [0, 0.1) is 0 Å². The fourth-order valence-corrected chi connectivity index (χ4v) is 2.62. The average Bonchev–Trinajstić information content (AvgIpc) is 2.99. The highest BCUT2D eigenvalue weighted by Crippen LogP contribution is 2.24. The zero-order valence-electron chi connectivity index (χ0n) is 11.5. The lowest BCUT2D eigenvalue weighted by Gasteiger charge is -2.09. The SMILES string of the molecule is O=C(CCCCCBr)Nc1ccc(C2C=CC=C2)cc1. The Hall–Kier alpha value is -1.35. The van der Waals surface area contributed by atoms with Crippen LogP contribution in [0.15, 0.2) is 48.6 Å². The summed E-state index contributed by atoms with van der Waals surface area (Å²) >= 11 is 3.39. The van der Waals surface area contributed by atoms with Crippen molar-refractivity contribution < 1.29 is 4.79 Å². The Morgan fingerprint density at radius 3 is 2.40 bits per heavy atom. The summed E-state index contributed by atoms with van der Waals surface area (Å²) in [5, 5.41) is 3.96. The fourth-order valence-electron chi connectivity index (χ4n) is 2.22. The maximum absolute atomic E-state index is 11.8. The summed E-state index contributed by atoms with van der Waals surface area (Å²) in [6.07, 6.45) is 12.2. The van der Waals surface area contributed by atoms with Crippen LogP contribution in [0.2, 0.25) is 0 Å². The molecule has 106 valence electrons. The van der Waals surface area contributed by atoms with E-state index in [4.69, 9.17) is 0 Å². The van der Waals surface area contributed by atoms with Crippen LogP contribution in [0.4, 0.5) is 5.69 Å². The molecule has 0 saturated carbocycles. The smallest absolute Gasteiger partial charge is 0.224 e. The third kappa shape index (κ3) is 4.64. The number of hydrogen-bond acceptors (Lipinski definition) is 1. The van der Waals surface area contributed by atoms with Gasteiger partial charge in [0, 0.05) is 23.4 Å². The first-order valence-corrected chi connectivity index (χ1v) is 8.22. The van der Waals surface area contributed by atoms with E-state index in [-0.39, 0.29) is 5.91 Å². The summed E-state index contributed by atoms with van der Waals surface area (Å²) in [6, 6.07) is 8.10. The van der Waals surface area contributed by atoms with Crippen molar-refractivity contribution in [2.45, 2.75) is 31.6 Å². The molecule has 1 aliphatic carbocycles. The van der Waals surface area contributed by atoms with Gasteiger partial charge in [-0.15, -0.1) is 0 Å². The Morgan fingerprint density at radius 2 is 1.75 bits per heavy atom. The highest BCUT2D eigenvalue weighted by atomic mass is 79.9. The molecule has 0 spiro atoms. The minimum absolute atomic E-state index is 0.105. The molecule has 0 bridgehead atoms. The third-order valence-electron chi connectivity index (χ3n) is 3.36. The molecule has 0 unspecified atom stereocenters. The van der Waals surface area contributed by atoms with Crippen molar-refractivity contribution in [2.75, 3.05) is 10.6 Å². The van der Waals surface area contributed by atoms with Crippen LogP contribution in [0.1, 0.15) is 37.2 Å². The number of unbranched alkanes of at least 4 members (excludes halogenated alkanes) is 2. The van der Waals surface area contributed by atoms with Gasteiger partial charge >= 0.3 is 0 Å². The third-order valence-corrected chi connectivity index (χ3v) is 3.93. The first kappa shape index (κ1) is 15.0. The van der Waals surface area contributed by atoms with Crippen LogP contribution < -0.4 is 5.32 Å². The van der Waals surface area contributed by atoms with Crippen molar-refractivity contribution in [3.05, 3.63) is 54.1 Å². The molecule has 0 aliphatic heterocycles. The van der Waals surface area contributed by atoms with Crippen molar-refractivity contribution in [2.24, 2.45) is 0 Å². The highest BCUT2D eigenvalue weighted by Gasteiger charge is 2.07. The quantitative estimate of drug-likeness (QED) is 0.564. The lowest BCUT2D eigenvalue weighted by Crippen LogP contribution is -2.11. The molecular formula is C17H20BrNO.